The molecular formula is C13H16N4O. The van der Waals surface area contributed by atoms with E-state index in [2.05, 4.69) is 5.10 Å². The Bertz CT molecular complexity index is 557. The fourth-order valence-corrected chi connectivity index (χ4v) is 1.69. The van der Waals surface area contributed by atoms with Crippen molar-refractivity contribution in [1.29, 1.82) is 5.41 Å². The lowest BCUT2D eigenvalue weighted by molar-refractivity contribution is 0.295. The van der Waals surface area contributed by atoms with Crippen molar-refractivity contribution in [2.24, 2.45) is 12.8 Å². The van der Waals surface area contributed by atoms with E-state index in [1.165, 1.54) is 0 Å². The first kappa shape index (κ1) is 12.2. The summed E-state index contributed by atoms with van der Waals surface area (Å²) in [4.78, 5) is 0. The smallest absolute Gasteiger partial charge is 0.130 e. The summed E-state index contributed by atoms with van der Waals surface area (Å²) in [6, 6.07) is 9.14. The third-order valence-electron chi connectivity index (χ3n) is 2.65. The molecular weight excluding hydrogens is 228 g/mol. The van der Waals surface area contributed by atoms with E-state index >= 15 is 0 Å². The van der Waals surface area contributed by atoms with E-state index in [1.54, 1.807) is 28.9 Å². The molecule has 5 nitrogen and oxygen atoms in total. The molecule has 1 aromatic carbocycles. The Morgan fingerprint density at radius 1 is 1.39 bits per heavy atom. The van der Waals surface area contributed by atoms with Crippen molar-refractivity contribution >= 4 is 5.84 Å². The van der Waals surface area contributed by atoms with E-state index in [0.29, 0.717) is 12.2 Å². The van der Waals surface area contributed by atoms with Crippen LogP contribution in [0.3, 0.4) is 0 Å². The number of hydrogen-bond acceptors (Lipinski definition) is 3. The highest BCUT2D eigenvalue weighted by Crippen LogP contribution is 2.14. The zero-order chi connectivity index (χ0) is 13.1. The maximum absolute atomic E-state index is 7.30. The normalized spacial score (nSPS) is 10.3. The molecule has 0 radical (unpaired) electrons. The van der Waals surface area contributed by atoms with Crippen molar-refractivity contribution in [3.63, 3.8) is 0 Å². The largest absolute Gasteiger partial charge is 0.487 e. The molecule has 1 aromatic heterocycles. The van der Waals surface area contributed by atoms with Gasteiger partial charge in [-0.1, -0.05) is 0 Å². The number of nitrogens with two attached hydrogens (primary N) is 1. The molecule has 3 N–H and O–H groups in total. The van der Waals surface area contributed by atoms with Crippen molar-refractivity contribution in [2.45, 2.75) is 13.5 Å². The molecule has 0 aliphatic carbocycles. The Labute approximate surface area is 106 Å². The number of aryl methyl sites for hydroxylation is 2. The van der Waals surface area contributed by atoms with Gasteiger partial charge in [0.15, 0.2) is 0 Å². The van der Waals surface area contributed by atoms with Crippen molar-refractivity contribution in [3.8, 4) is 5.75 Å². The lowest BCUT2D eigenvalue weighted by Gasteiger charge is -2.07. The van der Waals surface area contributed by atoms with Gasteiger partial charge in [0.2, 0.25) is 0 Å². The summed E-state index contributed by atoms with van der Waals surface area (Å²) in [6.07, 6.45) is 0. The van der Waals surface area contributed by atoms with Crippen molar-refractivity contribution in [2.75, 3.05) is 0 Å². The number of benzene rings is 1. The van der Waals surface area contributed by atoms with E-state index in [0.717, 1.165) is 17.1 Å². The maximum Gasteiger partial charge on any atom is 0.130 e. The molecule has 0 amide bonds. The van der Waals surface area contributed by atoms with Crippen LogP contribution in [0.1, 0.15) is 17.0 Å². The molecule has 18 heavy (non-hydrogen) atoms. The van der Waals surface area contributed by atoms with Crippen LogP contribution in [-0.4, -0.2) is 15.6 Å². The van der Waals surface area contributed by atoms with Crippen LogP contribution in [0.25, 0.3) is 0 Å². The number of amidine groups is 1. The first-order valence-corrected chi connectivity index (χ1v) is 5.63. The molecule has 0 fully saturated rings. The summed E-state index contributed by atoms with van der Waals surface area (Å²) in [5, 5.41) is 11.6. The molecule has 0 atom stereocenters. The predicted octanol–water partition coefficient (Wildman–Crippen LogP) is 1.59. The zero-order valence-corrected chi connectivity index (χ0v) is 10.5. The summed E-state index contributed by atoms with van der Waals surface area (Å²) in [7, 11) is 1.89. The van der Waals surface area contributed by atoms with E-state index in [4.69, 9.17) is 15.9 Å². The third-order valence-corrected chi connectivity index (χ3v) is 2.65. The standard InChI is InChI=1S/C13H16N4O/c1-9-7-11(17(2)16-9)8-18-12-5-3-10(4-6-12)13(14)15/h3-7H,8H2,1-2H3,(H3,14,15). The molecule has 2 aromatic rings. The average molecular weight is 244 g/mol. The summed E-state index contributed by atoms with van der Waals surface area (Å²) >= 11 is 0. The van der Waals surface area contributed by atoms with Gasteiger partial charge in [0, 0.05) is 12.6 Å². The summed E-state index contributed by atoms with van der Waals surface area (Å²) < 4.78 is 7.45. The van der Waals surface area contributed by atoms with Crippen LogP contribution < -0.4 is 10.5 Å². The molecule has 0 saturated heterocycles. The van der Waals surface area contributed by atoms with Crippen LogP contribution in [0.4, 0.5) is 0 Å². The summed E-state index contributed by atoms with van der Waals surface area (Å²) in [5.41, 5.74) is 8.07. The summed E-state index contributed by atoms with van der Waals surface area (Å²) in [5.74, 6) is 0.808. The predicted molar refractivity (Wildman–Crippen MR) is 69.7 cm³/mol. The van der Waals surface area contributed by atoms with Gasteiger partial charge in [-0.3, -0.25) is 10.1 Å². The lowest BCUT2D eigenvalue weighted by Crippen LogP contribution is -2.10. The number of aromatic nitrogens is 2. The maximum atomic E-state index is 7.30. The van der Waals surface area contributed by atoms with Gasteiger partial charge in [-0.25, -0.2) is 0 Å². The third kappa shape index (κ3) is 2.68. The lowest BCUT2D eigenvalue weighted by atomic mass is 10.2. The first-order chi connectivity index (χ1) is 8.56. The van der Waals surface area contributed by atoms with E-state index in [1.807, 2.05) is 20.0 Å². The number of nitrogens with zero attached hydrogens (tertiary/aromatic N) is 2. The van der Waals surface area contributed by atoms with Crippen LogP contribution >= 0.6 is 0 Å². The van der Waals surface area contributed by atoms with Gasteiger partial charge in [-0.05, 0) is 37.3 Å². The number of nitrogens with one attached hydrogen (secondary N) is 1. The minimum atomic E-state index is 0.0591. The van der Waals surface area contributed by atoms with Gasteiger partial charge in [-0.2, -0.15) is 5.10 Å². The van der Waals surface area contributed by atoms with Gasteiger partial charge in [0.05, 0.1) is 11.4 Å². The molecule has 2 rings (SSSR count). The van der Waals surface area contributed by atoms with Gasteiger partial charge < -0.3 is 10.5 Å². The Kier molecular flexibility index (Phi) is 3.32. The second-order valence-corrected chi connectivity index (χ2v) is 4.13. The fraction of sp³-hybridized carbons (Fsp3) is 0.231. The van der Waals surface area contributed by atoms with Crippen LogP contribution in [0, 0.1) is 12.3 Å². The molecule has 0 spiro atoms. The van der Waals surface area contributed by atoms with E-state index in [-0.39, 0.29) is 5.84 Å². The Morgan fingerprint density at radius 2 is 2.06 bits per heavy atom. The molecule has 0 saturated carbocycles. The second kappa shape index (κ2) is 4.91. The number of hydrogen-bond donors (Lipinski definition) is 2. The first-order valence-electron chi connectivity index (χ1n) is 5.63. The van der Waals surface area contributed by atoms with Crippen LogP contribution in [0.15, 0.2) is 30.3 Å². The number of rotatable bonds is 4. The molecule has 0 aliphatic rings. The number of ether oxygens (including phenoxy) is 1. The van der Waals surface area contributed by atoms with Gasteiger partial charge in [0.1, 0.15) is 18.2 Å². The molecule has 94 valence electrons. The van der Waals surface area contributed by atoms with Crippen molar-refractivity contribution in [3.05, 3.63) is 47.3 Å². The molecule has 0 bridgehead atoms. The van der Waals surface area contributed by atoms with Crippen LogP contribution in [0.5, 0.6) is 5.75 Å². The highest BCUT2D eigenvalue weighted by atomic mass is 16.5. The summed E-state index contributed by atoms with van der Waals surface area (Å²) in [6.45, 7) is 2.42. The average Bonchev–Trinajstić information content (AvgIpc) is 2.66. The quantitative estimate of drug-likeness (QED) is 0.633. The SMILES string of the molecule is Cc1cc(COc2ccc(C(=N)N)cc2)n(C)n1. The minimum absolute atomic E-state index is 0.0591. The zero-order valence-electron chi connectivity index (χ0n) is 10.5. The van der Waals surface area contributed by atoms with Gasteiger partial charge >= 0.3 is 0 Å². The van der Waals surface area contributed by atoms with Gasteiger partial charge in [0.25, 0.3) is 0 Å². The van der Waals surface area contributed by atoms with Gasteiger partial charge in [-0.15, -0.1) is 0 Å². The number of nitrogen functional groups attached to an aromatic ring is 1. The monoisotopic (exact) mass is 244 g/mol. The molecule has 1 heterocycles. The highest BCUT2D eigenvalue weighted by molar-refractivity contribution is 5.94. The Morgan fingerprint density at radius 3 is 2.56 bits per heavy atom. The van der Waals surface area contributed by atoms with Crippen molar-refractivity contribution < 1.29 is 4.74 Å². The highest BCUT2D eigenvalue weighted by Gasteiger charge is 2.03. The fourth-order valence-electron chi connectivity index (χ4n) is 1.69. The second-order valence-electron chi connectivity index (χ2n) is 4.13. The molecule has 0 aliphatic heterocycles. The van der Waals surface area contributed by atoms with E-state index < -0.39 is 0 Å². The van der Waals surface area contributed by atoms with E-state index in [9.17, 15) is 0 Å². The Balaban J connectivity index is 2.02. The molecule has 0 unspecified atom stereocenters. The molecule has 5 heteroatoms. The Hall–Kier alpha value is -2.30. The minimum Gasteiger partial charge on any atom is -0.487 e. The van der Waals surface area contributed by atoms with Crippen molar-refractivity contribution in [1.82, 2.24) is 9.78 Å². The van der Waals surface area contributed by atoms with Crippen LogP contribution in [-0.2, 0) is 13.7 Å². The topological polar surface area (TPSA) is 76.9 Å². The van der Waals surface area contributed by atoms with Crippen LogP contribution in [0.2, 0.25) is 0 Å².